The zero-order valence-electron chi connectivity index (χ0n) is 11.6. The highest BCUT2D eigenvalue weighted by molar-refractivity contribution is 4.85. The van der Waals surface area contributed by atoms with Crippen LogP contribution in [0.4, 0.5) is 0 Å². The lowest BCUT2D eigenvalue weighted by atomic mass is 9.72. The van der Waals surface area contributed by atoms with Crippen LogP contribution in [-0.2, 0) is 0 Å². The molecular weight excluding hydrogens is 208 g/mol. The SMILES string of the molecule is CC1CCC(C(CC2CCCC2)NN)CC1C. The van der Waals surface area contributed by atoms with Crippen LogP contribution >= 0.6 is 0 Å². The van der Waals surface area contributed by atoms with Crippen molar-refractivity contribution in [2.45, 2.75) is 71.3 Å². The third-order valence-electron chi connectivity index (χ3n) is 5.48. The van der Waals surface area contributed by atoms with E-state index >= 15 is 0 Å². The number of hydrogen-bond acceptors (Lipinski definition) is 2. The molecular formula is C15H30N2. The van der Waals surface area contributed by atoms with E-state index < -0.39 is 0 Å². The highest BCUT2D eigenvalue weighted by atomic mass is 15.2. The van der Waals surface area contributed by atoms with Crippen molar-refractivity contribution >= 4 is 0 Å². The summed E-state index contributed by atoms with van der Waals surface area (Å²) in [6.45, 7) is 4.82. The number of hydrogen-bond donors (Lipinski definition) is 2. The monoisotopic (exact) mass is 238 g/mol. The van der Waals surface area contributed by atoms with Crippen LogP contribution in [0.25, 0.3) is 0 Å². The van der Waals surface area contributed by atoms with E-state index in [0.29, 0.717) is 6.04 Å². The fraction of sp³-hybridized carbons (Fsp3) is 1.00. The molecule has 0 radical (unpaired) electrons. The Morgan fingerprint density at radius 2 is 1.76 bits per heavy atom. The van der Waals surface area contributed by atoms with Crippen molar-refractivity contribution in [1.82, 2.24) is 5.43 Å². The molecule has 0 spiro atoms. The molecule has 2 nitrogen and oxygen atoms in total. The number of rotatable bonds is 4. The molecule has 2 aliphatic carbocycles. The molecule has 2 rings (SSSR count). The minimum atomic E-state index is 0.577. The average molecular weight is 238 g/mol. The second-order valence-corrected chi connectivity index (χ2v) is 6.69. The Morgan fingerprint density at radius 1 is 1.06 bits per heavy atom. The first kappa shape index (κ1) is 13.4. The lowest BCUT2D eigenvalue weighted by Crippen LogP contribution is -2.44. The molecule has 0 heterocycles. The third kappa shape index (κ3) is 3.45. The molecule has 0 saturated heterocycles. The van der Waals surface area contributed by atoms with E-state index in [1.165, 1.54) is 51.4 Å². The van der Waals surface area contributed by atoms with E-state index in [1.807, 2.05) is 0 Å². The average Bonchev–Trinajstić information content (AvgIpc) is 2.82. The van der Waals surface area contributed by atoms with Gasteiger partial charge in [0.25, 0.3) is 0 Å². The van der Waals surface area contributed by atoms with Crippen LogP contribution in [0.3, 0.4) is 0 Å². The summed E-state index contributed by atoms with van der Waals surface area (Å²) in [7, 11) is 0. The number of hydrazine groups is 1. The normalized spacial score (nSPS) is 37.2. The Kier molecular flexibility index (Phi) is 4.87. The van der Waals surface area contributed by atoms with Crippen LogP contribution in [0, 0.1) is 23.7 Å². The topological polar surface area (TPSA) is 38.0 Å². The first-order chi connectivity index (χ1) is 8.20. The minimum Gasteiger partial charge on any atom is -0.271 e. The second kappa shape index (κ2) is 6.19. The van der Waals surface area contributed by atoms with E-state index in [2.05, 4.69) is 19.3 Å². The highest BCUT2D eigenvalue weighted by Crippen LogP contribution is 2.38. The molecule has 4 atom stereocenters. The van der Waals surface area contributed by atoms with E-state index in [9.17, 15) is 0 Å². The molecule has 0 aliphatic heterocycles. The minimum absolute atomic E-state index is 0.577. The molecule has 0 aromatic rings. The largest absolute Gasteiger partial charge is 0.271 e. The summed E-state index contributed by atoms with van der Waals surface area (Å²) in [5.74, 6) is 9.38. The smallest absolute Gasteiger partial charge is 0.0241 e. The summed E-state index contributed by atoms with van der Waals surface area (Å²) in [4.78, 5) is 0. The molecule has 17 heavy (non-hydrogen) atoms. The fourth-order valence-corrected chi connectivity index (χ4v) is 3.96. The van der Waals surface area contributed by atoms with Gasteiger partial charge in [-0.15, -0.1) is 0 Å². The molecule has 2 aliphatic rings. The van der Waals surface area contributed by atoms with Crippen LogP contribution in [0.2, 0.25) is 0 Å². The Balaban J connectivity index is 1.84. The van der Waals surface area contributed by atoms with Crippen LogP contribution in [-0.4, -0.2) is 6.04 Å². The number of nitrogens with two attached hydrogens (primary N) is 1. The summed E-state index contributed by atoms with van der Waals surface area (Å²) in [5, 5.41) is 0. The first-order valence-corrected chi connectivity index (χ1v) is 7.66. The van der Waals surface area contributed by atoms with Crippen molar-refractivity contribution in [2.75, 3.05) is 0 Å². The predicted octanol–water partition coefficient (Wildman–Crippen LogP) is 3.47. The van der Waals surface area contributed by atoms with Crippen molar-refractivity contribution in [3.63, 3.8) is 0 Å². The molecule has 0 amide bonds. The van der Waals surface area contributed by atoms with Gasteiger partial charge in [0.05, 0.1) is 0 Å². The maximum absolute atomic E-state index is 5.81. The maximum Gasteiger partial charge on any atom is 0.0241 e. The quantitative estimate of drug-likeness (QED) is 0.581. The standard InChI is InChI=1S/C15H30N2/c1-11-7-8-14(9-12(11)2)15(17-16)10-13-5-3-4-6-13/h11-15,17H,3-10,16H2,1-2H3. The summed E-state index contributed by atoms with van der Waals surface area (Å²) >= 11 is 0. The molecule has 3 N–H and O–H groups in total. The molecule has 2 heteroatoms. The molecule has 0 aromatic heterocycles. The van der Waals surface area contributed by atoms with Crippen LogP contribution < -0.4 is 11.3 Å². The summed E-state index contributed by atoms with van der Waals surface area (Å²) in [6.07, 6.45) is 11.3. The van der Waals surface area contributed by atoms with Crippen LogP contribution in [0.5, 0.6) is 0 Å². The van der Waals surface area contributed by atoms with Gasteiger partial charge in [-0.25, -0.2) is 0 Å². The van der Waals surface area contributed by atoms with E-state index in [4.69, 9.17) is 5.84 Å². The first-order valence-electron chi connectivity index (χ1n) is 7.66. The Hall–Kier alpha value is -0.0800. The fourth-order valence-electron chi connectivity index (χ4n) is 3.96. The highest BCUT2D eigenvalue weighted by Gasteiger charge is 2.31. The van der Waals surface area contributed by atoms with Gasteiger partial charge >= 0.3 is 0 Å². The van der Waals surface area contributed by atoms with Crippen molar-refractivity contribution in [3.05, 3.63) is 0 Å². The zero-order chi connectivity index (χ0) is 12.3. The van der Waals surface area contributed by atoms with Crippen LogP contribution in [0.1, 0.15) is 65.2 Å². The Bertz CT molecular complexity index is 223. The van der Waals surface area contributed by atoms with Gasteiger partial charge in [-0.05, 0) is 42.9 Å². The van der Waals surface area contributed by atoms with Crippen LogP contribution in [0.15, 0.2) is 0 Å². The Labute approximate surface area is 107 Å². The van der Waals surface area contributed by atoms with Gasteiger partial charge < -0.3 is 0 Å². The van der Waals surface area contributed by atoms with Gasteiger partial charge in [0.2, 0.25) is 0 Å². The molecule has 2 saturated carbocycles. The Morgan fingerprint density at radius 3 is 2.35 bits per heavy atom. The van der Waals surface area contributed by atoms with Crippen molar-refractivity contribution in [2.24, 2.45) is 29.5 Å². The van der Waals surface area contributed by atoms with E-state index in [-0.39, 0.29) is 0 Å². The summed E-state index contributed by atoms with van der Waals surface area (Å²) in [5.41, 5.74) is 3.13. The predicted molar refractivity (Wildman–Crippen MR) is 73.4 cm³/mol. The van der Waals surface area contributed by atoms with Crippen molar-refractivity contribution in [3.8, 4) is 0 Å². The second-order valence-electron chi connectivity index (χ2n) is 6.69. The van der Waals surface area contributed by atoms with Gasteiger partial charge in [0, 0.05) is 6.04 Å². The molecule has 0 bridgehead atoms. The van der Waals surface area contributed by atoms with Gasteiger partial charge in [0.1, 0.15) is 0 Å². The third-order valence-corrected chi connectivity index (χ3v) is 5.48. The molecule has 100 valence electrons. The van der Waals surface area contributed by atoms with Gasteiger partial charge in [-0.1, -0.05) is 46.0 Å². The van der Waals surface area contributed by atoms with E-state index in [1.54, 1.807) is 0 Å². The maximum atomic E-state index is 5.81. The summed E-state index contributed by atoms with van der Waals surface area (Å²) in [6, 6.07) is 0.577. The van der Waals surface area contributed by atoms with Gasteiger partial charge in [0.15, 0.2) is 0 Å². The van der Waals surface area contributed by atoms with Crippen molar-refractivity contribution < 1.29 is 0 Å². The number of nitrogens with one attached hydrogen (secondary N) is 1. The van der Waals surface area contributed by atoms with Gasteiger partial charge in [-0.3, -0.25) is 11.3 Å². The zero-order valence-corrected chi connectivity index (χ0v) is 11.6. The molecule has 0 aromatic carbocycles. The van der Waals surface area contributed by atoms with Crippen molar-refractivity contribution in [1.29, 1.82) is 0 Å². The lowest BCUT2D eigenvalue weighted by molar-refractivity contribution is 0.157. The van der Waals surface area contributed by atoms with E-state index in [0.717, 1.165) is 23.7 Å². The molecule has 2 fully saturated rings. The summed E-state index contributed by atoms with van der Waals surface area (Å²) < 4.78 is 0. The lowest BCUT2D eigenvalue weighted by Gasteiger charge is -2.37. The molecule has 4 unspecified atom stereocenters. The van der Waals surface area contributed by atoms with Gasteiger partial charge in [-0.2, -0.15) is 0 Å².